The van der Waals surface area contributed by atoms with Crippen LogP contribution in [0.25, 0.3) is 0 Å². The Hall–Kier alpha value is -0.510. The number of rotatable bonds is 2. The molecule has 3 rings (SSSR count). The SMILES string of the molecule is CN1CC(CN)CC1c1cccc2c1SCC2. The smallest absolute Gasteiger partial charge is 0.0359 e. The Labute approximate surface area is 108 Å². The van der Waals surface area contributed by atoms with Gasteiger partial charge in [0.25, 0.3) is 0 Å². The first-order valence-electron chi connectivity index (χ1n) is 6.44. The van der Waals surface area contributed by atoms with Crippen molar-refractivity contribution in [2.24, 2.45) is 11.7 Å². The molecule has 0 saturated carbocycles. The molecule has 2 unspecified atom stereocenters. The molecule has 0 aromatic heterocycles. The molecule has 1 saturated heterocycles. The molecule has 2 aliphatic heterocycles. The van der Waals surface area contributed by atoms with E-state index in [-0.39, 0.29) is 0 Å². The van der Waals surface area contributed by atoms with Gasteiger partial charge in [0.05, 0.1) is 0 Å². The molecular formula is C14H20N2S. The Morgan fingerprint density at radius 2 is 2.35 bits per heavy atom. The van der Waals surface area contributed by atoms with Gasteiger partial charge in [-0.2, -0.15) is 0 Å². The van der Waals surface area contributed by atoms with Gasteiger partial charge in [0, 0.05) is 23.2 Å². The minimum Gasteiger partial charge on any atom is -0.330 e. The molecular weight excluding hydrogens is 228 g/mol. The summed E-state index contributed by atoms with van der Waals surface area (Å²) in [5, 5.41) is 0. The summed E-state index contributed by atoms with van der Waals surface area (Å²) in [6.45, 7) is 1.97. The highest BCUT2D eigenvalue weighted by atomic mass is 32.2. The molecule has 0 bridgehead atoms. The van der Waals surface area contributed by atoms with Crippen molar-refractivity contribution in [1.29, 1.82) is 0 Å². The second kappa shape index (κ2) is 4.63. The van der Waals surface area contributed by atoms with Crippen LogP contribution in [-0.4, -0.2) is 30.8 Å². The maximum absolute atomic E-state index is 5.82. The number of thioether (sulfide) groups is 1. The van der Waals surface area contributed by atoms with Crippen molar-refractivity contribution >= 4 is 11.8 Å². The predicted molar refractivity (Wildman–Crippen MR) is 73.4 cm³/mol. The van der Waals surface area contributed by atoms with Gasteiger partial charge in [0.2, 0.25) is 0 Å². The van der Waals surface area contributed by atoms with E-state index >= 15 is 0 Å². The predicted octanol–water partition coefficient (Wildman–Crippen LogP) is 2.29. The molecule has 0 radical (unpaired) electrons. The van der Waals surface area contributed by atoms with Crippen LogP contribution in [0.4, 0.5) is 0 Å². The lowest BCUT2D eigenvalue weighted by atomic mass is 9.98. The molecule has 92 valence electrons. The maximum Gasteiger partial charge on any atom is 0.0359 e. The summed E-state index contributed by atoms with van der Waals surface area (Å²) in [7, 11) is 2.24. The first-order valence-corrected chi connectivity index (χ1v) is 7.43. The molecule has 0 spiro atoms. The first kappa shape index (κ1) is 11.6. The monoisotopic (exact) mass is 248 g/mol. The zero-order chi connectivity index (χ0) is 11.8. The minimum absolute atomic E-state index is 0.587. The maximum atomic E-state index is 5.82. The Kier molecular flexibility index (Phi) is 3.16. The fourth-order valence-electron chi connectivity index (χ4n) is 3.14. The Morgan fingerprint density at radius 1 is 1.47 bits per heavy atom. The molecule has 1 fully saturated rings. The van der Waals surface area contributed by atoms with Crippen LogP contribution in [0.5, 0.6) is 0 Å². The number of nitrogens with zero attached hydrogens (tertiary/aromatic N) is 1. The zero-order valence-corrected chi connectivity index (χ0v) is 11.2. The average molecular weight is 248 g/mol. The average Bonchev–Trinajstić information content (AvgIpc) is 2.94. The van der Waals surface area contributed by atoms with Crippen LogP contribution in [0.2, 0.25) is 0 Å². The number of aryl methyl sites for hydroxylation is 1. The summed E-state index contributed by atoms with van der Waals surface area (Å²) in [6.07, 6.45) is 2.47. The number of hydrogen-bond acceptors (Lipinski definition) is 3. The number of benzene rings is 1. The van der Waals surface area contributed by atoms with Crippen molar-refractivity contribution in [3.05, 3.63) is 29.3 Å². The Balaban J connectivity index is 1.92. The van der Waals surface area contributed by atoms with Gasteiger partial charge in [0.1, 0.15) is 0 Å². The third kappa shape index (κ3) is 2.01. The molecule has 2 heterocycles. The largest absolute Gasteiger partial charge is 0.330 e. The van der Waals surface area contributed by atoms with Crippen molar-refractivity contribution in [3.63, 3.8) is 0 Å². The van der Waals surface area contributed by atoms with Gasteiger partial charge in [-0.3, -0.25) is 4.90 Å². The van der Waals surface area contributed by atoms with Crippen molar-refractivity contribution in [1.82, 2.24) is 4.90 Å². The zero-order valence-electron chi connectivity index (χ0n) is 10.4. The minimum atomic E-state index is 0.587. The summed E-state index contributed by atoms with van der Waals surface area (Å²) in [5.74, 6) is 1.93. The van der Waals surface area contributed by atoms with Crippen LogP contribution in [0.1, 0.15) is 23.6 Å². The summed E-state index contributed by atoms with van der Waals surface area (Å²) in [6, 6.07) is 7.42. The second-order valence-electron chi connectivity index (χ2n) is 5.23. The molecule has 1 aromatic carbocycles. The van der Waals surface area contributed by atoms with E-state index in [1.54, 1.807) is 16.0 Å². The number of hydrogen-bond donors (Lipinski definition) is 1. The standard InChI is InChI=1S/C14H20N2S/c1-16-9-10(8-15)7-13(16)12-4-2-3-11-5-6-17-14(11)12/h2-4,10,13H,5-9,15H2,1H3. The molecule has 0 aliphatic carbocycles. The van der Waals surface area contributed by atoms with Crippen molar-refractivity contribution in [2.75, 3.05) is 25.9 Å². The lowest BCUT2D eigenvalue weighted by Gasteiger charge is -2.22. The summed E-state index contributed by atoms with van der Waals surface area (Å²) in [5.41, 5.74) is 8.91. The summed E-state index contributed by atoms with van der Waals surface area (Å²) >= 11 is 2.03. The van der Waals surface area contributed by atoms with E-state index in [2.05, 4.69) is 30.1 Å². The van der Waals surface area contributed by atoms with E-state index in [1.807, 2.05) is 11.8 Å². The number of nitrogens with two attached hydrogens (primary N) is 1. The lowest BCUT2D eigenvalue weighted by Crippen LogP contribution is -2.20. The van der Waals surface area contributed by atoms with E-state index in [0.29, 0.717) is 12.0 Å². The summed E-state index contributed by atoms with van der Waals surface area (Å²) in [4.78, 5) is 4.04. The van der Waals surface area contributed by atoms with E-state index in [0.717, 1.165) is 13.1 Å². The topological polar surface area (TPSA) is 29.3 Å². The van der Waals surface area contributed by atoms with Crippen molar-refractivity contribution in [3.8, 4) is 0 Å². The molecule has 2 aliphatic rings. The molecule has 0 amide bonds. The molecule has 2 nitrogen and oxygen atoms in total. The van der Waals surface area contributed by atoms with Gasteiger partial charge in [0.15, 0.2) is 0 Å². The Morgan fingerprint density at radius 3 is 3.12 bits per heavy atom. The van der Waals surface area contributed by atoms with Crippen molar-refractivity contribution in [2.45, 2.75) is 23.8 Å². The highest BCUT2D eigenvalue weighted by Crippen LogP contribution is 2.42. The third-order valence-electron chi connectivity index (χ3n) is 4.07. The number of fused-ring (bicyclic) bond motifs is 1. The Bertz CT molecular complexity index is 419. The lowest BCUT2D eigenvalue weighted by molar-refractivity contribution is 0.310. The van der Waals surface area contributed by atoms with E-state index in [1.165, 1.54) is 18.6 Å². The van der Waals surface area contributed by atoms with Gasteiger partial charge in [-0.05, 0) is 43.5 Å². The van der Waals surface area contributed by atoms with Crippen LogP contribution in [0.15, 0.2) is 23.1 Å². The summed E-state index contributed by atoms with van der Waals surface area (Å²) < 4.78 is 0. The van der Waals surface area contributed by atoms with E-state index in [4.69, 9.17) is 5.73 Å². The molecule has 1 aromatic rings. The molecule has 2 atom stereocenters. The third-order valence-corrected chi connectivity index (χ3v) is 5.27. The van der Waals surface area contributed by atoms with Crippen LogP contribution in [0, 0.1) is 5.92 Å². The van der Waals surface area contributed by atoms with Gasteiger partial charge < -0.3 is 5.73 Å². The van der Waals surface area contributed by atoms with Crippen LogP contribution in [0.3, 0.4) is 0 Å². The normalized spacial score (nSPS) is 28.6. The van der Waals surface area contributed by atoms with Gasteiger partial charge in [-0.1, -0.05) is 18.2 Å². The fraction of sp³-hybridized carbons (Fsp3) is 0.571. The van der Waals surface area contributed by atoms with Crippen LogP contribution in [-0.2, 0) is 6.42 Å². The highest BCUT2D eigenvalue weighted by Gasteiger charge is 2.32. The van der Waals surface area contributed by atoms with Gasteiger partial charge in [-0.15, -0.1) is 11.8 Å². The molecule has 17 heavy (non-hydrogen) atoms. The molecule has 2 N–H and O–H groups in total. The second-order valence-corrected chi connectivity index (χ2v) is 6.33. The van der Waals surface area contributed by atoms with Crippen molar-refractivity contribution < 1.29 is 0 Å². The highest BCUT2D eigenvalue weighted by molar-refractivity contribution is 7.99. The first-order chi connectivity index (χ1) is 8.29. The van der Waals surface area contributed by atoms with Crippen LogP contribution < -0.4 is 5.73 Å². The fourth-order valence-corrected chi connectivity index (χ4v) is 4.40. The van der Waals surface area contributed by atoms with E-state index in [9.17, 15) is 0 Å². The van der Waals surface area contributed by atoms with Crippen LogP contribution >= 0.6 is 11.8 Å². The van der Waals surface area contributed by atoms with Gasteiger partial charge >= 0.3 is 0 Å². The van der Waals surface area contributed by atoms with Gasteiger partial charge in [-0.25, -0.2) is 0 Å². The molecule has 3 heteroatoms. The quantitative estimate of drug-likeness (QED) is 0.870. The van der Waals surface area contributed by atoms with E-state index < -0.39 is 0 Å². The number of likely N-dealkylation sites (tertiary alicyclic amines) is 1.